The molecular formula is C4H12O7P2S. The van der Waals surface area contributed by atoms with Crippen molar-refractivity contribution >= 4 is 26.3 Å². The summed E-state index contributed by atoms with van der Waals surface area (Å²) in [5, 5.41) is 0. The zero-order chi connectivity index (χ0) is 11.2. The third kappa shape index (κ3) is 4.44. The molecule has 0 aromatic heterocycles. The summed E-state index contributed by atoms with van der Waals surface area (Å²) in [7, 11) is 1.10. The molecule has 0 aromatic carbocycles. The van der Waals surface area contributed by atoms with Gasteiger partial charge in [0.05, 0.1) is 0 Å². The maximum Gasteiger partial charge on any atom is 0.501 e. The molecule has 0 atom stereocenters. The topological polar surface area (TPSA) is 72.5 Å². The van der Waals surface area contributed by atoms with Gasteiger partial charge in [-0.05, 0) is 11.8 Å². The fourth-order valence-electron chi connectivity index (χ4n) is 0.352. The van der Waals surface area contributed by atoms with Gasteiger partial charge in [-0.2, -0.15) is 0 Å². The second-order valence-corrected chi connectivity index (χ2v) is 6.66. The molecular weight excluding hydrogens is 254 g/mol. The van der Waals surface area contributed by atoms with Crippen LogP contribution < -0.4 is 0 Å². The molecule has 10 heteroatoms. The van der Waals surface area contributed by atoms with Crippen molar-refractivity contribution in [3.05, 3.63) is 0 Å². The highest BCUT2D eigenvalue weighted by Crippen LogP contribution is 2.56. The van der Waals surface area contributed by atoms with Crippen LogP contribution in [-0.2, 0) is 43.8 Å². The van der Waals surface area contributed by atoms with Crippen molar-refractivity contribution in [2.75, 3.05) is 28.4 Å². The zero-order valence-electron chi connectivity index (χ0n) is 8.16. The minimum atomic E-state index is -3.73. The van der Waals surface area contributed by atoms with Gasteiger partial charge in [0, 0.05) is 28.4 Å². The monoisotopic (exact) mass is 266 g/mol. The van der Waals surface area contributed by atoms with Gasteiger partial charge in [-0.15, -0.1) is 9.35 Å². The van der Waals surface area contributed by atoms with Crippen molar-refractivity contribution in [2.45, 2.75) is 0 Å². The molecule has 0 amide bonds. The number of hydrogen-bond donors (Lipinski definition) is 0. The number of hydrogen-bond acceptors (Lipinski definition) is 8. The molecule has 0 aliphatic rings. The second kappa shape index (κ2) is 6.27. The third-order valence-electron chi connectivity index (χ3n) is 1.11. The first-order chi connectivity index (χ1) is 6.45. The molecule has 0 unspecified atom stereocenters. The van der Waals surface area contributed by atoms with E-state index in [1.807, 2.05) is 0 Å². The average molecular weight is 266 g/mol. The van der Waals surface area contributed by atoms with E-state index in [4.69, 9.17) is 20.9 Å². The quantitative estimate of drug-likeness (QED) is 0.392. The minimum absolute atomic E-state index is 1.14. The van der Waals surface area contributed by atoms with Crippen LogP contribution in [0.2, 0.25) is 0 Å². The molecule has 0 saturated heterocycles. The van der Waals surface area contributed by atoms with Crippen molar-refractivity contribution in [3.63, 3.8) is 0 Å². The Morgan fingerprint density at radius 1 is 0.857 bits per heavy atom. The number of rotatable bonds is 7. The first-order valence-electron chi connectivity index (χ1n) is 3.26. The smallest absolute Gasteiger partial charge is 0.310 e. The lowest BCUT2D eigenvalue weighted by Crippen LogP contribution is -1.98. The number of phosphoric ester groups is 1. The van der Waals surface area contributed by atoms with Crippen molar-refractivity contribution in [2.24, 2.45) is 0 Å². The lowest BCUT2D eigenvalue weighted by Gasteiger charge is -2.18. The molecule has 0 spiro atoms. The highest BCUT2D eigenvalue weighted by atomic mass is 32.5. The van der Waals surface area contributed by atoms with E-state index in [2.05, 4.69) is 18.4 Å². The summed E-state index contributed by atoms with van der Waals surface area (Å²) in [4.78, 5) is 0. The zero-order valence-corrected chi connectivity index (χ0v) is 10.8. The van der Waals surface area contributed by atoms with Crippen LogP contribution in [0, 0.1) is 0 Å². The standard InChI is InChI=1S/C4H12O7P2S/c1-6-12(5,7-2)10-11-13(14,8-3)9-4/h1-4H3. The molecule has 0 heterocycles. The van der Waals surface area contributed by atoms with E-state index in [1.54, 1.807) is 0 Å². The summed E-state index contributed by atoms with van der Waals surface area (Å²) in [6.45, 7) is -3.03. The third-order valence-corrected chi connectivity index (χ3v) is 4.61. The Bertz CT molecular complexity index is 214. The summed E-state index contributed by atoms with van der Waals surface area (Å²) in [6, 6.07) is 0. The van der Waals surface area contributed by atoms with Gasteiger partial charge in [0.15, 0.2) is 0 Å². The Labute approximate surface area is 87.4 Å². The van der Waals surface area contributed by atoms with E-state index < -0.39 is 14.5 Å². The normalized spacial score (nSPS) is 13.1. The van der Waals surface area contributed by atoms with Gasteiger partial charge in [0.25, 0.3) is 0 Å². The Kier molecular flexibility index (Phi) is 6.56. The molecule has 14 heavy (non-hydrogen) atoms. The average Bonchev–Trinajstić information content (AvgIpc) is 2.25. The molecule has 0 rings (SSSR count). The molecule has 0 N–H and O–H groups in total. The SMILES string of the molecule is COP(=O)(OC)OOP(=S)(OC)OC. The van der Waals surface area contributed by atoms with Crippen LogP contribution in [0.3, 0.4) is 0 Å². The molecule has 0 aromatic rings. The molecule has 0 fully saturated rings. The van der Waals surface area contributed by atoms with E-state index in [0.29, 0.717) is 0 Å². The van der Waals surface area contributed by atoms with Crippen LogP contribution in [0.5, 0.6) is 0 Å². The molecule has 86 valence electrons. The van der Waals surface area contributed by atoms with Crippen molar-refractivity contribution in [1.82, 2.24) is 0 Å². The van der Waals surface area contributed by atoms with Crippen molar-refractivity contribution in [3.8, 4) is 0 Å². The maximum atomic E-state index is 11.3. The van der Waals surface area contributed by atoms with E-state index in [0.717, 1.165) is 14.2 Å². The van der Waals surface area contributed by atoms with E-state index in [-0.39, 0.29) is 0 Å². The van der Waals surface area contributed by atoms with E-state index in [9.17, 15) is 4.57 Å². The van der Waals surface area contributed by atoms with Gasteiger partial charge in [-0.25, -0.2) is 4.57 Å². The van der Waals surface area contributed by atoms with Crippen LogP contribution >= 0.6 is 14.5 Å². The van der Waals surface area contributed by atoms with E-state index >= 15 is 0 Å². The van der Waals surface area contributed by atoms with Gasteiger partial charge < -0.3 is 9.05 Å². The Balaban J connectivity index is 4.29. The number of phosphoric acid groups is 1. The van der Waals surface area contributed by atoms with Gasteiger partial charge in [-0.3, -0.25) is 9.05 Å². The summed E-state index contributed by atoms with van der Waals surface area (Å²) in [6.07, 6.45) is 0. The molecule has 0 aliphatic carbocycles. The van der Waals surface area contributed by atoms with Crippen LogP contribution in [0.15, 0.2) is 0 Å². The fraction of sp³-hybridized carbons (Fsp3) is 1.00. The van der Waals surface area contributed by atoms with Crippen LogP contribution in [0.1, 0.15) is 0 Å². The van der Waals surface area contributed by atoms with E-state index in [1.165, 1.54) is 14.2 Å². The Morgan fingerprint density at radius 3 is 1.57 bits per heavy atom. The van der Waals surface area contributed by atoms with Gasteiger partial charge in [-0.1, -0.05) is 0 Å². The molecule has 7 nitrogen and oxygen atoms in total. The molecule has 0 bridgehead atoms. The molecule has 0 radical (unpaired) electrons. The van der Waals surface area contributed by atoms with Gasteiger partial charge in [0.1, 0.15) is 0 Å². The van der Waals surface area contributed by atoms with Crippen LogP contribution in [0.25, 0.3) is 0 Å². The summed E-state index contributed by atoms with van der Waals surface area (Å²) in [5.41, 5.74) is 0. The summed E-state index contributed by atoms with van der Waals surface area (Å²) in [5.74, 6) is 0. The van der Waals surface area contributed by atoms with Crippen LogP contribution in [-0.4, -0.2) is 28.4 Å². The Morgan fingerprint density at radius 2 is 1.29 bits per heavy atom. The lowest BCUT2D eigenvalue weighted by molar-refractivity contribution is -0.140. The summed E-state index contributed by atoms with van der Waals surface area (Å²) >= 11 is 4.76. The highest BCUT2D eigenvalue weighted by Gasteiger charge is 2.30. The lowest BCUT2D eigenvalue weighted by atomic mass is 11.8. The van der Waals surface area contributed by atoms with Crippen LogP contribution in [0.4, 0.5) is 0 Å². The largest absolute Gasteiger partial charge is 0.501 e. The maximum absolute atomic E-state index is 11.3. The van der Waals surface area contributed by atoms with Crippen molar-refractivity contribution < 1.29 is 32.0 Å². The van der Waals surface area contributed by atoms with Gasteiger partial charge >= 0.3 is 14.5 Å². The summed E-state index contributed by atoms with van der Waals surface area (Å²) < 4.78 is 38.4. The minimum Gasteiger partial charge on any atom is -0.310 e. The Hall–Kier alpha value is 0.640. The first-order valence-corrected chi connectivity index (χ1v) is 7.28. The molecule has 0 saturated carbocycles. The second-order valence-electron chi connectivity index (χ2n) is 1.77. The predicted molar refractivity (Wildman–Crippen MR) is 52.1 cm³/mol. The predicted octanol–water partition coefficient (Wildman–Crippen LogP) is 1.85. The van der Waals surface area contributed by atoms with Crippen molar-refractivity contribution in [1.29, 1.82) is 0 Å². The fourth-order valence-corrected chi connectivity index (χ4v) is 1.79. The highest BCUT2D eigenvalue weighted by molar-refractivity contribution is 8.07. The molecule has 0 aliphatic heterocycles. The van der Waals surface area contributed by atoms with Gasteiger partial charge in [0.2, 0.25) is 0 Å². The first kappa shape index (κ1) is 14.6.